The molecule has 0 saturated heterocycles. The molecule has 2 aromatic rings. The Hall–Kier alpha value is -3.40. The van der Waals surface area contributed by atoms with E-state index in [9.17, 15) is 25.2 Å². The standard InChI is InChI=1S/C25H30N2O7/c1-16-6-4-8-19(28)24(31)20(29)9-5-7-17-14-18(15-21(30)23(17)25(32)34-16)33-13-12-27-22-10-2-3-11-26-22/h2-5,7-8,10-11,14-16,19-20,24,28-31H,6,9,12-13H2,1H3,(H,26,27)/b7-5+,8-4-. The lowest BCUT2D eigenvalue weighted by Crippen LogP contribution is -2.35. The van der Waals surface area contributed by atoms with Gasteiger partial charge in [-0.15, -0.1) is 0 Å². The van der Waals surface area contributed by atoms with Crippen molar-refractivity contribution in [1.29, 1.82) is 0 Å². The molecule has 5 N–H and O–H groups in total. The fourth-order valence-electron chi connectivity index (χ4n) is 3.39. The second kappa shape index (κ2) is 12.2. The average molecular weight is 471 g/mol. The number of phenolic OH excluding ortho intramolecular Hbond substituents is 1. The predicted octanol–water partition coefficient (Wildman–Crippen LogP) is 2.27. The molecule has 0 saturated carbocycles. The van der Waals surface area contributed by atoms with Gasteiger partial charge in [0.1, 0.15) is 47.8 Å². The third kappa shape index (κ3) is 7.05. The summed E-state index contributed by atoms with van der Waals surface area (Å²) >= 11 is 0. The van der Waals surface area contributed by atoms with Crippen LogP contribution in [-0.2, 0) is 4.74 Å². The number of aromatic hydroxyl groups is 1. The molecule has 182 valence electrons. The third-order valence-corrected chi connectivity index (χ3v) is 5.20. The number of anilines is 1. The smallest absolute Gasteiger partial charge is 0.342 e. The minimum absolute atomic E-state index is 0.0107. The van der Waals surface area contributed by atoms with Crippen molar-refractivity contribution in [3.63, 3.8) is 0 Å². The monoisotopic (exact) mass is 470 g/mol. The highest BCUT2D eigenvalue weighted by atomic mass is 16.5. The van der Waals surface area contributed by atoms with Gasteiger partial charge in [0.25, 0.3) is 0 Å². The molecule has 1 aliphatic heterocycles. The van der Waals surface area contributed by atoms with Crippen molar-refractivity contribution in [2.24, 2.45) is 0 Å². The number of aromatic nitrogens is 1. The SMILES string of the molecule is CC1C/C=C\C(O)C(O)C(O)C/C=C/c2cc(OCCNc3ccccn3)cc(O)c2C(=O)O1. The molecule has 4 unspecified atom stereocenters. The summed E-state index contributed by atoms with van der Waals surface area (Å²) in [6, 6.07) is 8.44. The van der Waals surface area contributed by atoms with E-state index in [1.807, 2.05) is 18.2 Å². The Morgan fingerprint density at radius 3 is 2.76 bits per heavy atom. The topological polar surface area (TPSA) is 141 Å². The van der Waals surface area contributed by atoms with Crippen LogP contribution < -0.4 is 10.1 Å². The van der Waals surface area contributed by atoms with E-state index in [1.54, 1.807) is 25.3 Å². The lowest BCUT2D eigenvalue weighted by Gasteiger charge is -2.20. The second-order valence-electron chi connectivity index (χ2n) is 7.96. The summed E-state index contributed by atoms with van der Waals surface area (Å²) in [7, 11) is 0. The van der Waals surface area contributed by atoms with Gasteiger partial charge in [-0.05, 0) is 37.1 Å². The fourth-order valence-corrected chi connectivity index (χ4v) is 3.39. The number of nitrogens with one attached hydrogen (secondary N) is 1. The highest BCUT2D eigenvalue weighted by Crippen LogP contribution is 2.30. The van der Waals surface area contributed by atoms with Gasteiger partial charge >= 0.3 is 5.97 Å². The zero-order valence-electron chi connectivity index (χ0n) is 18.9. The molecule has 4 atom stereocenters. The van der Waals surface area contributed by atoms with Crippen LogP contribution in [0.4, 0.5) is 5.82 Å². The predicted molar refractivity (Wildman–Crippen MR) is 127 cm³/mol. The van der Waals surface area contributed by atoms with Crippen molar-refractivity contribution in [3.8, 4) is 11.5 Å². The number of hydrogen-bond acceptors (Lipinski definition) is 9. The molecule has 9 heteroatoms. The summed E-state index contributed by atoms with van der Waals surface area (Å²) in [6.07, 6.45) is 3.54. The summed E-state index contributed by atoms with van der Waals surface area (Å²) in [4.78, 5) is 16.9. The van der Waals surface area contributed by atoms with Gasteiger partial charge in [-0.25, -0.2) is 9.78 Å². The number of hydrogen-bond donors (Lipinski definition) is 5. The van der Waals surface area contributed by atoms with E-state index < -0.39 is 30.4 Å². The number of nitrogens with zero attached hydrogens (tertiary/aromatic N) is 1. The van der Waals surface area contributed by atoms with Gasteiger partial charge in [-0.3, -0.25) is 0 Å². The first-order valence-corrected chi connectivity index (χ1v) is 11.1. The summed E-state index contributed by atoms with van der Waals surface area (Å²) in [5.74, 6) is 0.0357. The number of carbonyl (C=O) groups is 1. The first-order chi connectivity index (χ1) is 16.3. The number of rotatable bonds is 5. The van der Waals surface area contributed by atoms with Gasteiger partial charge in [-0.1, -0.05) is 30.4 Å². The molecule has 1 aromatic carbocycles. The van der Waals surface area contributed by atoms with Crippen molar-refractivity contribution in [3.05, 3.63) is 65.9 Å². The van der Waals surface area contributed by atoms with Crippen LogP contribution in [0.5, 0.6) is 11.5 Å². The Kier molecular flexibility index (Phi) is 9.03. The summed E-state index contributed by atoms with van der Waals surface area (Å²) in [6.45, 7) is 2.41. The van der Waals surface area contributed by atoms with Crippen LogP contribution in [0.15, 0.2) is 54.8 Å². The van der Waals surface area contributed by atoms with E-state index in [-0.39, 0.29) is 30.8 Å². The zero-order chi connectivity index (χ0) is 24.5. The van der Waals surface area contributed by atoms with Crippen LogP contribution in [0.3, 0.4) is 0 Å². The van der Waals surface area contributed by atoms with Crippen molar-refractivity contribution in [2.45, 2.75) is 44.2 Å². The normalized spacial score (nSPS) is 25.4. The van der Waals surface area contributed by atoms with Crippen LogP contribution in [0.1, 0.15) is 35.7 Å². The van der Waals surface area contributed by atoms with Crippen molar-refractivity contribution < 1.29 is 34.7 Å². The molecule has 3 rings (SSSR count). The fraction of sp³-hybridized carbons (Fsp3) is 0.360. The molecule has 0 radical (unpaired) electrons. The minimum Gasteiger partial charge on any atom is -0.507 e. The van der Waals surface area contributed by atoms with Gasteiger partial charge in [0, 0.05) is 18.7 Å². The molecule has 34 heavy (non-hydrogen) atoms. The average Bonchev–Trinajstić information content (AvgIpc) is 2.81. The molecular weight excluding hydrogens is 440 g/mol. The van der Waals surface area contributed by atoms with Gasteiger partial charge in [0.2, 0.25) is 0 Å². The number of aliphatic hydroxyl groups is 3. The number of aliphatic hydroxyl groups excluding tert-OH is 3. The van der Waals surface area contributed by atoms with Gasteiger partial charge in [0.15, 0.2) is 0 Å². The molecule has 0 aliphatic carbocycles. The molecule has 2 heterocycles. The number of benzene rings is 1. The second-order valence-corrected chi connectivity index (χ2v) is 7.96. The van der Waals surface area contributed by atoms with Gasteiger partial charge in [-0.2, -0.15) is 0 Å². The van der Waals surface area contributed by atoms with Crippen LogP contribution in [-0.4, -0.2) is 68.9 Å². The number of phenols is 1. The van der Waals surface area contributed by atoms with E-state index >= 15 is 0 Å². The zero-order valence-corrected chi connectivity index (χ0v) is 18.9. The minimum atomic E-state index is -1.38. The number of pyridine rings is 1. The summed E-state index contributed by atoms with van der Waals surface area (Å²) < 4.78 is 11.2. The lowest BCUT2D eigenvalue weighted by atomic mass is 10.0. The van der Waals surface area contributed by atoms with Crippen LogP contribution in [0, 0.1) is 0 Å². The molecule has 9 nitrogen and oxygen atoms in total. The van der Waals surface area contributed by atoms with Crippen molar-refractivity contribution in [2.75, 3.05) is 18.5 Å². The van der Waals surface area contributed by atoms with Crippen LogP contribution >= 0.6 is 0 Å². The van der Waals surface area contributed by atoms with Crippen molar-refractivity contribution >= 4 is 17.9 Å². The number of ether oxygens (including phenoxy) is 2. The molecule has 0 fully saturated rings. The Morgan fingerprint density at radius 1 is 1.18 bits per heavy atom. The largest absolute Gasteiger partial charge is 0.507 e. The van der Waals surface area contributed by atoms with E-state index in [1.165, 1.54) is 24.3 Å². The third-order valence-electron chi connectivity index (χ3n) is 5.20. The molecular formula is C25H30N2O7. The lowest BCUT2D eigenvalue weighted by molar-refractivity contribution is -0.0394. The molecule has 1 aromatic heterocycles. The number of fused-ring (bicyclic) bond motifs is 1. The highest BCUT2D eigenvalue weighted by molar-refractivity contribution is 5.97. The van der Waals surface area contributed by atoms with Gasteiger partial charge in [0.05, 0.1) is 12.6 Å². The van der Waals surface area contributed by atoms with Crippen molar-refractivity contribution in [1.82, 2.24) is 4.98 Å². The Balaban J connectivity index is 1.79. The Bertz CT molecular complexity index is 1010. The highest BCUT2D eigenvalue weighted by Gasteiger charge is 2.24. The molecule has 0 amide bonds. The number of carbonyl (C=O) groups excluding carboxylic acids is 1. The van der Waals surface area contributed by atoms with E-state index in [0.717, 1.165) is 0 Å². The Morgan fingerprint density at radius 2 is 2.00 bits per heavy atom. The Labute approximate surface area is 198 Å². The maximum Gasteiger partial charge on any atom is 0.342 e. The molecule has 0 bridgehead atoms. The number of cyclic esters (lactones) is 1. The molecule has 0 spiro atoms. The van der Waals surface area contributed by atoms with E-state index in [0.29, 0.717) is 23.7 Å². The van der Waals surface area contributed by atoms with E-state index in [4.69, 9.17) is 9.47 Å². The van der Waals surface area contributed by atoms with E-state index in [2.05, 4.69) is 10.3 Å². The van der Waals surface area contributed by atoms with Crippen LogP contribution in [0.2, 0.25) is 0 Å². The molecule has 1 aliphatic rings. The first-order valence-electron chi connectivity index (χ1n) is 11.1. The maximum atomic E-state index is 12.8. The first kappa shape index (κ1) is 25.2. The maximum absolute atomic E-state index is 12.8. The van der Waals surface area contributed by atoms with Gasteiger partial charge < -0.3 is 35.2 Å². The quantitative estimate of drug-likeness (QED) is 0.253. The summed E-state index contributed by atoms with van der Waals surface area (Å²) in [5.41, 5.74) is 0.304. The van der Waals surface area contributed by atoms with Crippen LogP contribution in [0.25, 0.3) is 6.08 Å². The number of esters is 1. The summed E-state index contributed by atoms with van der Waals surface area (Å²) in [5, 5.41) is 44.0.